The molecule has 1 aromatic heterocycles. The summed E-state index contributed by atoms with van der Waals surface area (Å²) >= 11 is 0. The molecule has 0 spiro atoms. The predicted molar refractivity (Wildman–Crippen MR) is 108 cm³/mol. The molecule has 1 saturated heterocycles. The Hall–Kier alpha value is -2.83. The van der Waals surface area contributed by atoms with E-state index in [1.807, 2.05) is 52.8 Å². The molecule has 1 N–H and O–H groups in total. The van der Waals surface area contributed by atoms with Gasteiger partial charge in [0, 0.05) is 42.6 Å². The molecule has 1 fully saturated rings. The fourth-order valence-corrected chi connectivity index (χ4v) is 4.35. The Morgan fingerprint density at radius 3 is 2.69 bits per heavy atom. The maximum Gasteiger partial charge on any atom is 0.410 e. The fraction of sp³-hybridized carbons (Fsp3) is 0.500. The lowest BCUT2D eigenvalue weighted by Gasteiger charge is -2.24. The molecule has 2 atom stereocenters. The van der Waals surface area contributed by atoms with Crippen molar-refractivity contribution in [3.63, 3.8) is 0 Å². The number of nitrogens with zero attached hydrogens (tertiary/aromatic N) is 2. The molecule has 0 aliphatic carbocycles. The van der Waals surface area contributed by atoms with Crippen molar-refractivity contribution < 1.29 is 18.8 Å². The maximum absolute atomic E-state index is 12.8. The van der Waals surface area contributed by atoms with Gasteiger partial charge in [0.2, 0.25) is 0 Å². The molecule has 7 nitrogen and oxygen atoms in total. The molecule has 2 aliphatic heterocycles. The number of hydrogen-bond acceptors (Lipinski definition) is 5. The molecular formula is C22H27N3O4. The minimum atomic E-state index is -0.531. The number of hydrogen-bond donors (Lipinski definition) is 1. The van der Waals surface area contributed by atoms with Crippen molar-refractivity contribution in [2.75, 3.05) is 19.6 Å². The number of aromatic nitrogens is 1. The number of benzene rings is 1. The highest BCUT2D eigenvalue weighted by atomic mass is 16.6. The highest BCUT2D eigenvalue weighted by Crippen LogP contribution is 2.39. The summed E-state index contributed by atoms with van der Waals surface area (Å²) in [6.07, 6.45) is -0.300. The van der Waals surface area contributed by atoms with Crippen LogP contribution in [0, 0.1) is 19.8 Å². The molecule has 154 valence electrons. The molecule has 2 aliphatic rings. The Kier molecular flexibility index (Phi) is 4.63. The first-order chi connectivity index (χ1) is 13.6. The normalized spacial score (nSPS) is 21.3. The van der Waals surface area contributed by atoms with Gasteiger partial charge < -0.3 is 19.5 Å². The summed E-state index contributed by atoms with van der Waals surface area (Å²) in [6.45, 7) is 11.0. The van der Waals surface area contributed by atoms with E-state index >= 15 is 0 Å². The third kappa shape index (κ3) is 3.61. The maximum atomic E-state index is 12.8. The third-order valence-electron chi connectivity index (χ3n) is 5.64. The molecule has 1 unspecified atom stereocenters. The average molecular weight is 397 g/mol. The number of aryl methyl sites for hydroxylation is 2. The Morgan fingerprint density at radius 1 is 1.28 bits per heavy atom. The van der Waals surface area contributed by atoms with Crippen molar-refractivity contribution in [3.05, 3.63) is 40.8 Å². The Morgan fingerprint density at radius 2 is 2.03 bits per heavy atom. The highest BCUT2D eigenvalue weighted by Gasteiger charge is 2.41. The number of nitrogens with one attached hydrogen (secondary N) is 1. The molecule has 4 rings (SSSR count). The van der Waals surface area contributed by atoms with Gasteiger partial charge in [0.05, 0.1) is 5.69 Å². The summed E-state index contributed by atoms with van der Waals surface area (Å²) in [6, 6.07) is 5.94. The molecule has 2 aromatic rings. The lowest BCUT2D eigenvalue weighted by molar-refractivity contribution is 0.0287. The monoisotopic (exact) mass is 397 g/mol. The number of amides is 2. The topological polar surface area (TPSA) is 84.7 Å². The number of carbonyl (C=O) groups is 2. The van der Waals surface area contributed by atoms with Crippen molar-refractivity contribution in [1.29, 1.82) is 0 Å². The van der Waals surface area contributed by atoms with Gasteiger partial charge in [-0.1, -0.05) is 17.3 Å². The van der Waals surface area contributed by atoms with E-state index in [1.54, 1.807) is 4.90 Å². The summed E-state index contributed by atoms with van der Waals surface area (Å²) in [5.41, 5.74) is 3.73. The predicted octanol–water partition coefficient (Wildman–Crippen LogP) is 3.65. The number of ether oxygens (including phenoxy) is 1. The van der Waals surface area contributed by atoms with E-state index < -0.39 is 5.60 Å². The molecule has 3 heterocycles. The van der Waals surface area contributed by atoms with Crippen molar-refractivity contribution in [3.8, 4) is 11.1 Å². The first kappa shape index (κ1) is 19.5. The summed E-state index contributed by atoms with van der Waals surface area (Å²) in [5.74, 6) is 0.908. The van der Waals surface area contributed by atoms with Crippen molar-refractivity contribution in [2.45, 2.75) is 46.1 Å². The second kappa shape index (κ2) is 6.90. The van der Waals surface area contributed by atoms with Crippen LogP contribution in [-0.2, 0) is 4.74 Å². The minimum absolute atomic E-state index is 0.0770. The van der Waals surface area contributed by atoms with Gasteiger partial charge >= 0.3 is 6.09 Å². The second-order valence-corrected chi connectivity index (χ2v) is 8.96. The van der Waals surface area contributed by atoms with Gasteiger partial charge in [-0.3, -0.25) is 4.79 Å². The zero-order valence-corrected chi connectivity index (χ0v) is 17.5. The molecule has 1 aromatic carbocycles. The Bertz CT molecular complexity index is 953. The van der Waals surface area contributed by atoms with Crippen molar-refractivity contribution >= 4 is 12.0 Å². The van der Waals surface area contributed by atoms with Crippen LogP contribution in [0.3, 0.4) is 0 Å². The van der Waals surface area contributed by atoms with Crippen LogP contribution in [0.4, 0.5) is 4.79 Å². The van der Waals surface area contributed by atoms with Crippen LogP contribution in [0.5, 0.6) is 0 Å². The van der Waals surface area contributed by atoms with E-state index in [2.05, 4.69) is 10.5 Å². The van der Waals surface area contributed by atoms with E-state index in [-0.39, 0.29) is 23.8 Å². The minimum Gasteiger partial charge on any atom is -0.444 e. The van der Waals surface area contributed by atoms with Gasteiger partial charge in [0.1, 0.15) is 11.4 Å². The largest absolute Gasteiger partial charge is 0.444 e. The average Bonchev–Trinajstić information content (AvgIpc) is 3.18. The number of likely N-dealkylation sites (tertiary alicyclic amines) is 1. The molecule has 0 radical (unpaired) electrons. The SMILES string of the molecule is Cc1noc(C)c1-c1ccc2c(c1)C(=O)NC[C@H]1CN(C(=O)OC(C)(C)C)CC21. The second-order valence-electron chi connectivity index (χ2n) is 8.96. The van der Waals surface area contributed by atoms with E-state index in [0.717, 1.165) is 28.1 Å². The van der Waals surface area contributed by atoms with Crippen molar-refractivity contribution in [2.24, 2.45) is 5.92 Å². The zero-order chi connectivity index (χ0) is 20.9. The van der Waals surface area contributed by atoms with Crippen LogP contribution in [0.2, 0.25) is 0 Å². The van der Waals surface area contributed by atoms with Crippen LogP contribution >= 0.6 is 0 Å². The van der Waals surface area contributed by atoms with Gasteiger partial charge in [0.15, 0.2) is 0 Å². The standard InChI is InChI=1S/C22H27N3O4/c1-12-19(13(2)29-24-12)14-6-7-16-17(8-14)20(26)23-9-15-10-25(11-18(15)16)21(27)28-22(3,4)5/h6-8,15,18H,9-11H2,1-5H3,(H,23,26)/t15-,18?/m0/s1. The summed E-state index contributed by atoms with van der Waals surface area (Å²) in [4.78, 5) is 27.1. The lowest BCUT2D eigenvalue weighted by Crippen LogP contribution is -2.36. The molecule has 0 bridgehead atoms. The number of rotatable bonds is 1. The molecule has 2 amide bonds. The Balaban J connectivity index is 1.66. The molecule has 7 heteroatoms. The Labute approximate surface area is 170 Å². The molecule has 0 saturated carbocycles. The quantitative estimate of drug-likeness (QED) is 0.794. The molecule has 29 heavy (non-hydrogen) atoms. The van der Waals surface area contributed by atoms with Gasteiger partial charge in [-0.2, -0.15) is 0 Å². The van der Waals surface area contributed by atoms with Crippen LogP contribution in [-0.4, -0.2) is 47.3 Å². The summed E-state index contributed by atoms with van der Waals surface area (Å²) < 4.78 is 10.8. The van der Waals surface area contributed by atoms with Crippen LogP contribution in [0.25, 0.3) is 11.1 Å². The van der Waals surface area contributed by atoms with E-state index in [9.17, 15) is 9.59 Å². The van der Waals surface area contributed by atoms with Gasteiger partial charge in [0.25, 0.3) is 5.91 Å². The highest BCUT2D eigenvalue weighted by molar-refractivity contribution is 5.98. The smallest absolute Gasteiger partial charge is 0.410 e. The fourth-order valence-electron chi connectivity index (χ4n) is 4.35. The van der Waals surface area contributed by atoms with Gasteiger partial charge in [-0.05, 0) is 51.8 Å². The first-order valence-corrected chi connectivity index (χ1v) is 9.97. The first-order valence-electron chi connectivity index (χ1n) is 9.97. The summed E-state index contributed by atoms with van der Waals surface area (Å²) in [5, 5.41) is 7.05. The van der Waals surface area contributed by atoms with Crippen LogP contribution in [0.1, 0.15) is 54.1 Å². The van der Waals surface area contributed by atoms with Crippen LogP contribution < -0.4 is 5.32 Å². The van der Waals surface area contributed by atoms with Gasteiger partial charge in [-0.15, -0.1) is 0 Å². The van der Waals surface area contributed by atoms with Gasteiger partial charge in [-0.25, -0.2) is 4.79 Å². The lowest BCUT2D eigenvalue weighted by atomic mass is 9.86. The zero-order valence-electron chi connectivity index (χ0n) is 17.5. The van der Waals surface area contributed by atoms with E-state index in [0.29, 0.717) is 25.2 Å². The number of carbonyl (C=O) groups excluding carboxylic acids is 2. The number of fused-ring (bicyclic) bond motifs is 3. The van der Waals surface area contributed by atoms with E-state index in [1.165, 1.54) is 0 Å². The van der Waals surface area contributed by atoms with E-state index in [4.69, 9.17) is 9.26 Å². The third-order valence-corrected chi connectivity index (χ3v) is 5.64. The molecular weight excluding hydrogens is 370 g/mol. The van der Waals surface area contributed by atoms with Crippen LogP contribution in [0.15, 0.2) is 22.7 Å². The van der Waals surface area contributed by atoms with Crippen molar-refractivity contribution in [1.82, 2.24) is 15.4 Å². The summed E-state index contributed by atoms with van der Waals surface area (Å²) in [7, 11) is 0.